The van der Waals surface area contributed by atoms with E-state index in [0.29, 0.717) is 10.5 Å². The van der Waals surface area contributed by atoms with Crippen molar-refractivity contribution in [3.05, 3.63) is 0 Å². The molecule has 4 aliphatic rings. The fraction of sp³-hybridized carbons (Fsp3) is 1.00. The second-order valence-corrected chi connectivity index (χ2v) is 8.61. The van der Waals surface area contributed by atoms with Gasteiger partial charge in [0.15, 0.2) is 5.79 Å². The molecule has 4 heteroatoms. The highest BCUT2D eigenvalue weighted by molar-refractivity contribution is 8.04. The van der Waals surface area contributed by atoms with Gasteiger partial charge in [0.1, 0.15) is 0 Å². The Labute approximate surface area is 106 Å². The summed E-state index contributed by atoms with van der Waals surface area (Å²) in [7, 11) is 0. The molecular formula is C12H20O2S2. The van der Waals surface area contributed by atoms with Gasteiger partial charge in [-0.3, -0.25) is 0 Å². The largest absolute Gasteiger partial charge is 0.349 e. The Morgan fingerprint density at radius 3 is 2.31 bits per heavy atom. The predicted molar refractivity (Wildman–Crippen MR) is 70.2 cm³/mol. The minimum absolute atomic E-state index is 0.228. The summed E-state index contributed by atoms with van der Waals surface area (Å²) in [4.78, 5) is 0. The summed E-state index contributed by atoms with van der Waals surface area (Å²) in [5.74, 6) is -0.228. The van der Waals surface area contributed by atoms with E-state index in [1.807, 2.05) is 0 Å². The first kappa shape index (κ1) is 11.7. The molecule has 1 saturated carbocycles. The summed E-state index contributed by atoms with van der Waals surface area (Å²) in [5.41, 5.74) is 0. The summed E-state index contributed by atoms with van der Waals surface area (Å²) in [6.45, 7) is 6.27. The second-order valence-electron chi connectivity index (χ2n) is 5.25. The molecule has 3 saturated heterocycles. The maximum Gasteiger partial charge on any atom is 0.169 e. The van der Waals surface area contributed by atoms with E-state index in [2.05, 4.69) is 37.4 Å². The normalized spacial score (nSPS) is 52.9. The summed E-state index contributed by atoms with van der Waals surface area (Å²) in [6, 6.07) is 0. The Bertz CT molecular complexity index is 272. The van der Waals surface area contributed by atoms with Crippen LogP contribution in [0.25, 0.3) is 0 Å². The van der Waals surface area contributed by atoms with Crippen molar-refractivity contribution in [1.29, 1.82) is 0 Å². The van der Waals surface area contributed by atoms with Gasteiger partial charge in [0, 0.05) is 33.8 Å². The zero-order chi connectivity index (χ0) is 11.2. The molecule has 3 aliphatic heterocycles. The third kappa shape index (κ3) is 2.14. The van der Waals surface area contributed by atoms with Crippen molar-refractivity contribution in [2.24, 2.45) is 0 Å². The molecule has 5 atom stereocenters. The molecule has 0 aromatic heterocycles. The van der Waals surface area contributed by atoms with Crippen LogP contribution in [0.2, 0.25) is 0 Å². The highest BCUT2D eigenvalue weighted by Crippen LogP contribution is 2.49. The van der Waals surface area contributed by atoms with Crippen molar-refractivity contribution in [2.45, 2.75) is 59.9 Å². The molecule has 3 bridgehead atoms. The summed E-state index contributed by atoms with van der Waals surface area (Å²) in [6.07, 6.45) is 3.47. The van der Waals surface area contributed by atoms with Crippen LogP contribution < -0.4 is 0 Å². The molecule has 5 unspecified atom stereocenters. The number of rotatable bonds is 0. The van der Waals surface area contributed by atoms with E-state index in [4.69, 9.17) is 9.47 Å². The molecule has 0 aromatic carbocycles. The van der Waals surface area contributed by atoms with Crippen LogP contribution in [0.15, 0.2) is 0 Å². The molecule has 2 nitrogen and oxygen atoms in total. The average Bonchev–Trinajstić information content (AvgIpc) is 2.38. The van der Waals surface area contributed by atoms with E-state index in [9.17, 15) is 0 Å². The molecule has 0 amide bonds. The highest BCUT2D eigenvalue weighted by Gasteiger charge is 2.48. The van der Waals surface area contributed by atoms with Gasteiger partial charge in [-0.25, -0.2) is 0 Å². The van der Waals surface area contributed by atoms with Gasteiger partial charge in [-0.2, -0.15) is 23.5 Å². The number of ether oxygens (including phenoxy) is 2. The van der Waals surface area contributed by atoms with E-state index in [0.717, 1.165) is 36.6 Å². The molecule has 0 N–H and O–H groups in total. The first-order chi connectivity index (χ1) is 7.67. The fourth-order valence-electron chi connectivity index (χ4n) is 2.90. The van der Waals surface area contributed by atoms with Gasteiger partial charge >= 0.3 is 0 Å². The van der Waals surface area contributed by atoms with Crippen LogP contribution in [-0.2, 0) is 9.47 Å². The van der Waals surface area contributed by atoms with Crippen LogP contribution in [0.1, 0.15) is 33.1 Å². The molecule has 1 spiro atoms. The van der Waals surface area contributed by atoms with Crippen molar-refractivity contribution in [3.8, 4) is 0 Å². The van der Waals surface area contributed by atoms with Gasteiger partial charge < -0.3 is 9.47 Å². The fourth-order valence-corrected chi connectivity index (χ4v) is 5.96. The molecule has 0 aromatic rings. The Balaban J connectivity index is 1.87. The van der Waals surface area contributed by atoms with E-state index >= 15 is 0 Å². The summed E-state index contributed by atoms with van der Waals surface area (Å²) >= 11 is 4.25. The van der Waals surface area contributed by atoms with E-state index < -0.39 is 0 Å². The van der Waals surface area contributed by atoms with Crippen molar-refractivity contribution in [3.63, 3.8) is 0 Å². The quantitative estimate of drug-likeness (QED) is 0.666. The van der Waals surface area contributed by atoms with Crippen LogP contribution in [0.5, 0.6) is 0 Å². The predicted octanol–water partition coefficient (Wildman–Crippen LogP) is 2.91. The van der Waals surface area contributed by atoms with E-state index in [-0.39, 0.29) is 5.79 Å². The van der Waals surface area contributed by atoms with Gasteiger partial charge in [0.2, 0.25) is 0 Å². The lowest BCUT2D eigenvalue weighted by Crippen LogP contribution is -2.48. The monoisotopic (exact) mass is 260 g/mol. The zero-order valence-corrected chi connectivity index (χ0v) is 11.6. The number of hydrogen-bond acceptors (Lipinski definition) is 4. The zero-order valence-electron chi connectivity index (χ0n) is 9.98. The topological polar surface area (TPSA) is 18.5 Å². The molecule has 3 heterocycles. The summed E-state index contributed by atoms with van der Waals surface area (Å²) in [5, 5.41) is 2.79. The van der Waals surface area contributed by atoms with Gasteiger partial charge in [-0.05, 0) is 6.42 Å². The first-order valence-corrected chi connectivity index (χ1v) is 8.14. The van der Waals surface area contributed by atoms with Gasteiger partial charge in [0.05, 0.1) is 13.2 Å². The van der Waals surface area contributed by atoms with Crippen LogP contribution in [0, 0.1) is 0 Å². The van der Waals surface area contributed by atoms with Crippen molar-refractivity contribution < 1.29 is 9.47 Å². The third-order valence-corrected chi connectivity index (χ3v) is 6.85. The standard InChI is InChI=1S/C12H20O2S2/c1-8-6-13-12-4-3-10(15-8)11(5-12)16-9(2)7-14-12/h8-11H,3-7H2,1-2H3. The number of thioether (sulfide) groups is 2. The summed E-state index contributed by atoms with van der Waals surface area (Å²) < 4.78 is 12.2. The maximum absolute atomic E-state index is 6.11. The second kappa shape index (κ2) is 4.38. The van der Waals surface area contributed by atoms with Gasteiger partial charge in [-0.1, -0.05) is 13.8 Å². The van der Waals surface area contributed by atoms with Gasteiger partial charge in [-0.15, -0.1) is 0 Å². The Morgan fingerprint density at radius 2 is 1.62 bits per heavy atom. The smallest absolute Gasteiger partial charge is 0.169 e. The Kier molecular flexibility index (Phi) is 3.20. The average molecular weight is 260 g/mol. The van der Waals surface area contributed by atoms with Gasteiger partial charge in [0.25, 0.3) is 0 Å². The molecular weight excluding hydrogens is 240 g/mol. The van der Waals surface area contributed by atoms with Crippen molar-refractivity contribution >= 4 is 23.5 Å². The molecule has 4 fully saturated rings. The lowest BCUT2D eigenvalue weighted by molar-refractivity contribution is -0.249. The van der Waals surface area contributed by atoms with Crippen LogP contribution >= 0.6 is 23.5 Å². The third-order valence-electron chi connectivity index (χ3n) is 3.71. The molecule has 0 radical (unpaired) electrons. The SMILES string of the molecule is CC1COC23CCC(S1)C(C2)SC(C)CO3. The first-order valence-electron chi connectivity index (χ1n) is 6.26. The van der Waals surface area contributed by atoms with Crippen LogP contribution in [-0.4, -0.2) is 40.0 Å². The Hall–Kier alpha value is 0.620. The van der Waals surface area contributed by atoms with Crippen molar-refractivity contribution in [2.75, 3.05) is 13.2 Å². The van der Waals surface area contributed by atoms with Crippen molar-refractivity contribution in [1.82, 2.24) is 0 Å². The molecule has 4 rings (SSSR count). The molecule has 1 aliphatic carbocycles. The molecule has 16 heavy (non-hydrogen) atoms. The minimum Gasteiger partial charge on any atom is -0.349 e. The number of hydrogen-bond donors (Lipinski definition) is 0. The minimum atomic E-state index is -0.228. The molecule has 92 valence electrons. The van der Waals surface area contributed by atoms with E-state index in [1.54, 1.807) is 0 Å². The lowest BCUT2D eigenvalue weighted by Gasteiger charge is -2.45. The van der Waals surface area contributed by atoms with Crippen LogP contribution in [0.4, 0.5) is 0 Å². The number of fused-ring (bicyclic) bond motifs is 4. The maximum atomic E-state index is 6.11. The Morgan fingerprint density at radius 1 is 1.00 bits per heavy atom. The lowest BCUT2D eigenvalue weighted by atomic mass is 9.92. The highest BCUT2D eigenvalue weighted by atomic mass is 32.2. The van der Waals surface area contributed by atoms with Crippen LogP contribution in [0.3, 0.4) is 0 Å². The van der Waals surface area contributed by atoms with E-state index in [1.165, 1.54) is 6.42 Å².